The van der Waals surface area contributed by atoms with Crippen LogP contribution >= 0.6 is 15.9 Å². The summed E-state index contributed by atoms with van der Waals surface area (Å²) in [7, 11) is 0. The molecule has 0 bridgehead atoms. The summed E-state index contributed by atoms with van der Waals surface area (Å²) in [6.45, 7) is 5.21. The molecule has 1 fully saturated rings. The number of carbonyl (C=O) groups is 1. The maximum Gasteiger partial charge on any atom is 0.187 e. The van der Waals surface area contributed by atoms with Gasteiger partial charge < -0.3 is 4.74 Å². The number of hydrogen-bond acceptors (Lipinski definition) is 3. The number of ether oxygens (including phenoxy) is 1. The maximum absolute atomic E-state index is 12.3. The van der Waals surface area contributed by atoms with Crippen LogP contribution in [0.4, 0.5) is 0 Å². The van der Waals surface area contributed by atoms with Crippen molar-refractivity contribution in [1.82, 2.24) is 9.78 Å². The van der Waals surface area contributed by atoms with Crippen LogP contribution in [-0.2, 0) is 11.3 Å². The highest BCUT2D eigenvalue weighted by Crippen LogP contribution is 2.26. The summed E-state index contributed by atoms with van der Waals surface area (Å²) in [6.07, 6.45) is 2.67. The smallest absolute Gasteiger partial charge is 0.187 e. The summed E-state index contributed by atoms with van der Waals surface area (Å²) in [5, 5.41) is 4.15. The second-order valence-electron chi connectivity index (χ2n) is 4.10. The number of halogens is 1. The Morgan fingerprint density at radius 2 is 2.50 bits per heavy atom. The molecule has 0 aromatic carbocycles. The first kappa shape index (κ1) is 11.8. The summed E-state index contributed by atoms with van der Waals surface area (Å²) in [5.74, 6) is 0.115. The topological polar surface area (TPSA) is 44.1 Å². The fourth-order valence-corrected chi connectivity index (χ4v) is 2.53. The van der Waals surface area contributed by atoms with Gasteiger partial charge in [-0.05, 0) is 36.2 Å². The molecular weight excluding hydrogens is 272 g/mol. The lowest BCUT2D eigenvalue weighted by atomic mass is 9.99. The number of ketones is 1. The van der Waals surface area contributed by atoms with Gasteiger partial charge in [0.2, 0.25) is 0 Å². The fourth-order valence-electron chi connectivity index (χ4n) is 2.04. The molecule has 0 saturated carbocycles. The van der Waals surface area contributed by atoms with E-state index in [1.54, 1.807) is 10.9 Å². The predicted molar refractivity (Wildman–Crippen MR) is 63.5 cm³/mol. The molecule has 16 heavy (non-hydrogen) atoms. The molecule has 4 nitrogen and oxygen atoms in total. The van der Waals surface area contributed by atoms with Gasteiger partial charge >= 0.3 is 0 Å². The highest BCUT2D eigenvalue weighted by Gasteiger charge is 2.31. The molecule has 2 rings (SSSR count). The van der Waals surface area contributed by atoms with E-state index in [-0.39, 0.29) is 17.8 Å². The highest BCUT2D eigenvalue weighted by atomic mass is 79.9. The Balaban J connectivity index is 2.23. The molecule has 0 amide bonds. The lowest BCUT2D eigenvalue weighted by molar-refractivity contribution is 0.0867. The minimum Gasteiger partial charge on any atom is -0.378 e. The van der Waals surface area contributed by atoms with E-state index in [0.717, 1.165) is 10.9 Å². The molecule has 1 aliphatic heterocycles. The molecule has 88 valence electrons. The van der Waals surface area contributed by atoms with Crippen LogP contribution in [0.15, 0.2) is 10.7 Å². The van der Waals surface area contributed by atoms with Gasteiger partial charge in [0, 0.05) is 12.5 Å². The summed E-state index contributed by atoms with van der Waals surface area (Å²) >= 11 is 3.38. The van der Waals surface area contributed by atoms with E-state index >= 15 is 0 Å². The Labute approximate surface area is 103 Å². The Morgan fingerprint density at radius 1 is 1.75 bits per heavy atom. The molecule has 1 aromatic heterocycles. The van der Waals surface area contributed by atoms with Crippen molar-refractivity contribution >= 4 is 21.7 Å². The van der Waals surface area contributed by atoms with Gasteiger partial charge in [0.1, 0.15) is 5.69 Å². The summed E-state index contributed by atoms with van der Waals surface area (Å²) < 4.78 is 7.94. The molecule has 1 saturated heterocycles. The van der Waals surface area contributed by atoms with Crippen LogP contribution in [0.5, 0.6) is 0 Å². The fraction of sp³-hybridized carbons (Fsp3) is 0.636. The van der Waals surface area contributed by atoms with E-state index in [9.17, 15) is 4.79 Å². The quantitative estimate of drug-likeness (QED) is 0.801. The largest absolute Gasteiger partial charge is 0.378 e. The zero-order valence-electron chi connectivity index (χ0n) is 9.44. The van der Waals surface area contributed by atoms with Gasteiger partial charge in [0.05, 0.1) is 23.4 Å². The van der Waals surface area contributed by atoms with Gasteiger partial charge in [-0.2, -0.15) is 5.10 Å². The first-order valence-corrected chi connectivity index (χ1v) is 6.30. The van der Waals surface area contributed by atoms with Gasteiger partial charge in [-0.15, -0.1) is 0 Å². The summed E-state index contributed by atoms with van der Waals surface area (Å²) in [5.41, 5.74) is 0.671. The minimum atomic E-state index is -0.0201. The predicted octanol–water partition coefficient (Wildman–Crippen LogP) is 2.27. The molecule has 2 heterocycles. The molecule has 1 aliphatic rings. The third kappa shape index (κ3) is 2.06. The number of hydrogen-bond donors (Lipinski definition) is 0. The van der Waals surface area contributed by atoms with Crippen molar-refractivity contribution in [2.45, 2.75) is 32.9 Å². The van der Waals surface area contributed by atoms with E-state index in [1.807, 2.05) is 13.8 Å². The second-order valence-corrected chi connectivity index (χ2v) is 4.95. The zero-order chi connectivity index (χ0) is 11.7. The molecule has 5 heteroatoms. The third-order valence-corrected chi connectivity index (χ3v) is 3.48. The Bertz CT molecular complexity index is 403. The van der Waals surface area contributed by atoms with Crippen LogP contribution in [-0.4, -0.2) is 28.3 Å². The van der Waals surface area contributed by atoms with Crippen molar-refractivity contribution in [3.63, 3.8) is 0 Å². The monoisotopic (exact) mass is 286 g/mol. The zero-order valence-corrected chi connectivity index (χ0v) is 11.0. The number of rotatable bonds is 3. The van der Waals surface area contributed by atoms with Crippen molar-refractivity contribution in [2.75, 3.05) is 6.61 Å². The van der Waals surface area contributed by atoms with Gasteiger partial charge in [-0.1, -0.05) is 0 Å². The van der Waals surface area contributed by atoms with Crippen LogP contribution in [0, 0.1) is 5.92 Å². The summed E-state index contributed by atoms with van der Waals surface area (Å²) in [6, 6.07) is 0. The average molecular weight is 287 g/mol. The van der Waals surface area contributed by atoms with Gasteiger partial charge in [-0.25, -0.2) is 0 Å². The molecule has 0 N–H and O–H groups in total. The lowest BCUT2D eigenvalue weighted by Crippen LogP contribution is -2.19. The van der Waals surface area contributed by atoms with E-state index in [4.69, 9.17) is 4.74 Å². The molecule has 1 aromatic rings. The highest BCUT2D eigenvalue weighted by molar-refractivity contribution is 9.10. The van der Waals surface area contributed by atoms with Gasteiger partial charge in [0.25, 0.3) is 0 Å². The van der Waals surface area contributed by atoms with E-state index in [2.05, 4.69) is 21.0 Å². The summed E-state index contributed by atoms with van der Waals surface area (Å²) in [4.78, 5) is 12.3. The number of Topliss-reactive ketones (excluding diaryl/α,β-unsaturated/α-hetero) is 1. The van der Waals surface area contributed by atoms with Crippen molar-refractivity contribution in [3.8, 4) is 0 Å². The number of carbonyl (C=O) groups excluding carboxylic acids is 1. The molecule has 0 aliphatic carbocycles. The number of aryl methyl sites for hydroxylation is 1. The van der Waals surface area contributed by atoms with Crippen molar-refractivity contribution in [3.05, 3.63) is 16.4 Å². The molecule has 0 radical (unpaired) electrons. The van der Waals surface area contributed by atoms with Gasteiger partial charge in [-0.3, -0.25) is 9.48 Å². The normalized spacial score (nSPS) is 24.9. The SMILES string of the molecule is CCn1ncc(Br)c1C(=O)C1COC(C)C1. The van der Waals surface area contributed by atoms with Crippen LogP contribution in [0.1, 0.15) is 30.8 Å². The van der Waals surface area contributed by atoms with Crippen LogP contribution in [0.2, 0.25) is 0 Å². The van der Waals surface area contributed by atoms with Crippen LogP contribution in [0.3, 0.4) is 0 Å². The number of nitrogens with zero attached hydrogens (tertiary/aromatic N) is 2. The van der Waals surface area contributed by atoms with Crippen LogP contribution in [0.25, 0.3) is 0 Å². The Morgan fingerprint density at radius 3 is 3.06 bits per heavy atom. The second kappa shape index (κ2) is 4.67. The maximum atomic E-state index is 12.3. The Kier molecular flexibility index (Phi) is 3.44. The number of aromatic nitrogens is 2. The average Bonchev–Trinajstić information content (AvgIpc) is 2.83. The van der Waals surface area contributed by atoms with Crippen LogP contribution < -0.4 is 0 Å². The lowest BCUT2D eigenvalue weighted by Gasteiger charge is -2.08. The third-order valence-electron chi connectivity index (χ3n) is 2.90. The van der Waals surface area contributed by atoms with Crippen molar-refractivity contribution in [2.24, 2.45) is 5.92 Å². The molecule has 2 atom stereocenters. The van der Waals surface area contributed by atoms with E-state index < -0.39 is 0 Å². The molecule has 2 unspecified atom stereocenters. The Hall–Kier alpha value is -0.680. The standard InChI is InChI=1S/C11H15BrN2O2/c1-3-14-10(9(12)5-13-14)11(15)8-4-7(2)16-6-8/h5,7-8H,3-4,6H2,1-2H3. The first-order valence-electron chi connectivity index (χ1n) is 5.50. The molecular formula is C11H15BrN2O2. The van der Waals surface area contributed by atoms with E-state index in [0.29, 0.717) is 18.8 Å². The van der Waals surface area contributed by atoms with Crippen molar-refractivity contribution < 1.29 is 9.53 Å². The molecule has 0 spiro atoms. The van der Waals surface area contributed by atoms with Gasteiger partial charge in [0.15, 0.2) is 5.78 Å². The van der Waals surface area contributed by atoms with E-state index in [1.165, 1.54) is 0 Å². The van der Waals surface area contributed by atoms with Crippen molar-refractivity contribution in [1.29, 1.82) is 0 Å². The minimum absolute atomic E-state index is 0.0201. The first-order chi connectivity index (χ1) is 7.63.